The smallest absolute Gasteiger partial charge is 0.262 e. The second-order valence-corrected chi connectivity index (χ2v) is 11.2. The van der Waals surface area contributed by atoms with Crippen molar-refractivity contribution in [1.82, 2.24) is 20.3 Å². The Bertz CT molecular complexity index is 2020. The van der Waals surface area contributed by atoms with Gasteiger partial charge in [-0.25, -0.2) is 15.0 Å². The minimum absolute atomic E-state index is 0.0469. The fourth-order valence-corrected chi connectivity index (χ4v) is 5.20. The Morgan fingerprint density at radius 2 is 1.81 bits per heavy atom. The average molecular weight is 686 g/mol. The third-order valence-corrected chi connectivity index (χ3v) is 7.95. The second-order valence-electron chi connectivity index (χ2n) is 10.4. The van der Waals surface area contributed by atoms with Crippen LogP contribution in [0.4, 0.5) is 11.5 Å². The standard InChI is InChI=1S/C35H30Cl2N6O5/c1-21-9-12-23-6-4-8-28(33(23)41-21)48-20-25-26(36)13-14-27(32(25)37)43(2)31(45)19-40-30(44)16-11-22-10-15-29(39-18-22)42-34(46)24-7-5-17-38-35(24)47-3/h4-18H,19-20H2,1-3H3,(H,40,44)(H,39,42,46). The molecule has 13 heteroatoms. The van der Waals surface area contributed by atoms with Crippen LogP contribution in [-0.2, 0) is 16.2 Å². The number of amides is 3. The van der Waals surface area contributed by atoms with Crippen LogP contribution in [-0.4, -0.2) is 53.4 Å². The van der Waals surface area contributed by atoms with Gasteiger partial charge in [0.15, 0.2) is 0 Å². The van der Waals surface area contributed by atoms with Crippen molar-refractivity contribution in [2.24, 2.45) is 0 Å². The second kappa shape index (κ2) is 15.4. The molecule has 48 heavy (non-hydrogen) atoms. The first kappa shape index (κ1) is 33.8. The molecule has 3 amide bonds. The summed E-state index contributed by atoms with van der Waals surface area (Å²) in [6.07, 6.45) is 5.81. The third kappa shape index (κ3) is 8.06. The number of benzene rings is 2. The molecule has 0 atom stereocenters. The number of methoxy groups -OCH3 is 1. The van der Waals surface area contributed by atoms with Gasteiger partial charge in [-0.15, -0.1) is 0 Å². The lowest BCUT2D eigenvalue weighted by atomic mass is 10.1. The summed E-state index contributed by atoms with van der Waals surface area (Å²) in [4.78, 5) is 52.2. The van der Waals surface area contributed by atoms with Crippen molar-refractivity contribution in [3.63, 3.8) is 0 Å². The van der Waals surface area contributed by atoms with E-state index in [1.165, 1.54) is 36.6 Å². The fourth-order valence-electron chi connectivity index (χ4n) is 4.59. The lowest BCUT2D eigenvalue weighted by Crippen LogP contribution is -2.37. The number of rotatable bonds is 11. The number of halogens is 2. The van der Waals surface area contributed by atoms with E-state index in [0.717, 1.165) is 16.6 Å². The zero-order valence-electron chi connectivity index (χ0n) is 26.2. The van der Waals surface area contributed by atoms with Crippen LogP contribution in [0.15, 0.2) is 85.2 Å². The van der Waals surface area contributed by atoms with E-state index in [1.54, 1.807) is 43.4 Å². The van der Waals surface area contributed by atoms with Gasteiger partial charge in [0.2, 0.25) is 17.7 Å². The number of ether oxygens (including phenoxy) is 2. The van der Waals surface area contributed by atoms with E-state index >= 15 is 0 Å². The Labute approximate surface area is 286 Å². The predicted octanol–water partition coefficient (Wildman–Crippen LogP) is 6.27. The van der Waals surface area contributed by atoms with Gasteiger partial charge in [0, 0.05) is 47.2 Å². The van der Waals surface area contributed by atoms with Crippen molar-refractivity contribution in [2.45, 2.75) is 13.5 Å². The third-order valence-electron chi connectivity index (χ3n) is 7.17. The number of nitrogens with one attached hydrogen (secondary N) is 2. The molecule has 0 aliphatic heterocycles. The Morgan fingerprint density at radius 1 is 0.979 bits per heavy atom. The normalized spacial score (nSPS) is 10.9. The minimum atomic E-state index is -0.493. The summed E-state index contributed by atoms with van der Waals surface area (Å²) in [6.45, 7) is 1.67. The predicted molar refractivity (Wildman–Crippen MR) is 186 cm³/mol. The van der Waals surface area contributed by atoms with Crippen molar-refractivity contribution in [3.8, 4) is 11.6 Å². The first-order valence-electron chi connectivity index (χ1n) is 14.6. The van der Waals surface area contributed by atoms with E-state index in [1.807, 2.05) is 37.3 Å². The van der Waals surface area contributed by atoms with Gasteiger partial charge in [-0.3, -0.25) is 14.4 Å². The Balaban J connectivity index is 1.16. The molecule has 0 aliphatic rings. The minimum Gasteiger partial charge on any atom is -0.487 e. The topological polar surface area (TPSA) is 136 Å². The largest absolute Gasteiger partial charge is 0.487 e. The number of carbonyl (C=O) groups is 3. The molecule has 244 valence electrons. The zero-order valence-corrected chi connectivity index (χ0v) is 27.7. The van der Waals surface area contributed by atoms with Gasteiger partial charge < -0.3 is 25.0 Å². The summed E-state index contributed by atoms with van der Waals surface area (Å²) in [5, 5.41) is 6.81. The van der Waals surface area contributed by atoms with Crippen LogP contribution >= 0.6 is 23.2 Å². The molecule has 3 aromatic heterocycles. The quantitative estimate of drug-likeness (QED) is 0.155. The summed E-state index contributed by atoms with van der Waals surface area (Å²) in [6, 6.07) is 19.3. The van der Waals surface area contributed by atoms with E-state index in [-0.39, 0.29) is 29.6 Å². The van der Waals surface area contributed by atoms with Crippen molar-refractivity contribution in [3.05, 3.63) is 118 Å². The molecule has 0 saturated carbocycles. The molecule has 2 N–H and O–H groups in total. The van der Waals surface area contributed by atoms with Gasteiger partial charge in [0.25, 0.3) is 5.91 Å². The van der Waals surface area contributed by atoms with E-state index < -0.39 is 17.7 Å². The van der Waals surface area contributed by atoms with Gasteiger partial charge >= 0.3 is 0 Å². The fraction of sp³-hybridized carbons (Fsp3) is 0.143. The van der Waals surface area contributed by atoms with Gasteiger partial charge in [-0.05, 0) is 67.1 Å². The lowest BCUT2D eigenvalue weighted by Gasteiger charge is -2.21. The number of carbonyl (C=O) groups excluding carboxylic acids is 3. The number of anilines is 2. The summed E-state index contributed by atoms with van der Waals surface area (Å²) in [5.41, 5.74) is 3.35. The van der Waals surface area contributed by atoms with Crippen LogP contribution in [0.5, 0.6) is 11.6 Å². The van der Waals surface area contributed by atoms with Gasteiger partial charge in [-0.2, -0.15) is 0 Å². The number of fused-ring (bicyclic) bond motifs is 1. The Hall–Kier alpha value is -5.52. The molecule has 0 bridgehead atoms. The maximum Gasteiger partial charge on any atom is 0.262 e. The van der Waals surface area contributed by atoms with Crippen LogP contribution in [0.1, 0.15) is 27.2 Å². The monoisotopic (exact) mass is 684 g/mol. The highest BCUT2D eigenvalue weighted by atomic mass is 35.5. The number of aryl methyl sites for hydroxylation is 1. The van der Waals surface area contributed by atoms with Crippen molar-refractivity contribution >= 4 is 69.4 Å². The van der Waals surface area contributed by atoms with Crippen molar-refractivity contribution in [2.75, 3.05) is 30.9 Å². The number of hydrogen-bond donors (Lipinski definition) is 2. The van der Waals surface area contributed by atoms with Crippen LogP contribution in [0, 0.1) is 6.92 Å². The van der Waals surface area contributed by atoms with E-state index in [2.05, 4.69) is 25.6 Å². The molecule has 11 nitrogen and oxygen atoms in total. The van der Waals surface area contributed by atoms with E-state index in [4.69, 9.17) is 32.7 Å². The molecule has 0 radical (unpaired) electrons. The lowest BCUT2D eigenvalue weighted by molar-refractivity contribution is -0.122. The molecule has 0 unspecified atom stereocenters. The van der Waals surface area contributed by atoms with Crippen molar-refractivity contribution in [1.29, 1.82) is 0 Å². The number of nitrogens with zero attached hydrogens (tertiary/aromatic N) is 4. The summed E-state index contributed by atoms with van der Waals surface area (Å²) in [5.74, 6) is -0.252. The van der Waals surface area contributed by atoms with Gasteiger partial charge in [-0.1, -0.05) is 41.4 Å². The van der Waals surface area contributed by atoms with Gasteiger partial charge in [0.1, 0.15) is 29.3 Å². The summed E-state index contributed by atoms with van der Waals surface area (Å²) in [7, 11) is 2.98. The van der Waals surface area contributed by atoms with Crippen LogP contribution in [0.3, 0.4) is 0 Å². The maximum absolute atomic E-state index is 13.0. The molecule has 3 heterocycles. The highest BCUT2D eigenvalue weighted by Gasteiger charge is 2.19. The van der Waals surface area contributed by atoms with Gasteiger partial charge in [0.05, 0.1) is 24.4 Å². The molecule has 2 aromatic carbocycles. The van der Waals surface area contributed by atoms with Crippen LogP contribution < -0.4 is 25.0 Å². The molecule has 0 fully saturated rings. The number of pyridine rings is 3. The molecule has 5 rings (SSSR count). The summed E-state index contributed by atoms with van der Waals surface area (Å²) < 4.78 is 11.2. The molecular weight excluding hydrogens is 655 g/mol. The highest BCUT2D eigenvalue weighted by Crippen LogP contribution is 2.35. The van der Waals surface area contributed by atoms with E-state index in [0.29, 0.717) is 33.4 Å². The zero-order chi connectivity index (χ0) is 34.2. The molecule has 5 aromatic rings. The van der Waals surface area contributed by atoms with Crippen LogP contribution in [0.25, 0.3) is 17.0 Å². The first-order chi connectivity index (χ1) is 23.1. The molecule has 0 saturated heterocycles. The average Bonchev–Trinajstić information content (AvgIpc) is 3.10. The Kier molecular flexibility index (Phi) is 10.8. The number of aromatic nitrogens is 3. The van der Waals surface area contributed by atoms with E-state index in [9.17, 15) is 14.4 Å². The SMILES string of the molecule is COc1ncccc1C(=O)Nc1ccc(C=CC(=O)NCC(=O)N(C)c2ccc(Cl)c(COc3cccc4ccc(C)nc34)c2Cl)cn1. The molecule has 0 spiro atoms. The highest BCUT2D eigenvalue weighted by molar-refractivity contribution is 6.38. The van der Waals surface area contributed by atoms with Crippen LogP contribution in [0.2, 0.25) is 10.0 Å². The molecule has 0 aliphatic carbocycles. The summed E-state index contributed by atoms with van der Waals surface area (Å²) >= 11 is 13.2. The number of likely N-dealkylation sites (N-methyl/N-ethyl adjacent to an activating group) is 1. The number of para-hydroxylation sites is 1. The maximum atomic E-state index is 13.0. The molecular formula is C35H30Cl2N6O5. The van der Waals surface area contributed by atoms with Crippen molar-refractivity contribution < 1.29 is 23.9 Å². The first-order valence-corrected chi connectivity index (χ1v) is 15.3. The number of hydrogen-bond acceptors (Lipinski definition) is 8. The Morgan fingerprint density at radius 3 is 2.58 bits per heavy atom.